The molecule has 0 amide bonds. The number of hydrogen-bond donors (Lipinski definition) is 1. The molecule has 1 fully saturated rings. The van der Waals surface area contributed by atoms with E-state index < -0.39 is 22.0 Å². The van der Waals surface area contributed by atoms with E-state index in [-0.39, 0.29) is 17.7 Å². The predicted molar refractivity (Wildman–Crippen MR) is 65.4 cm³/mol. The Morgan fingerprint density at radius 1 is 1.25 bits per heavy atom. The van der Waals surface area contributed by atoms with Crippen molar-refractivity contribution in [1.29, 1.82) is 0 Å². The van der Waals surface area contributed by atoms with Crippen LogP contribution in [0.1, 0.15) is 32.1 Å². The number of sulfone groups is 1. The van der Waals surface area contributed by atoms with Crippen molar-refractivity contribution in [3.8, 4) is 0 Å². The Hall–Kier alpha value is -0.830. The zero-order valence-electron chi connectivity index (χ0n) is 11.1. The Labute approximate surface area is 115 Å². The summed E-state index contributed by atoms with van der Waals surface area (Å²) in [5.41, 5.74) is 2.13. The normalized spacial score (nSPS) is 24.4. The molecular formula is C11H18F3NO4S. The summed E-state index contributed by atoms with van der Waals surface area (Å²) in [6.07, 6.45) is -0.739. The van der Waals surface area contributed by atoms with Crippen LogP contribution in [0.25, 0.3) is 0 Å². The molecule has 0 aromatic carbocycles. The molecule has 0 radical (unpaired) electrons. The predicted octanol–water partition coefficient (Wildman–Crippen LogP) is 1.59. The molecule has 1 aliphatic carbocycles. The third kappa shape index (κ3) is 6.56. The highest BCUT2D eigenvalue weighted by atomic mass is 32.2. The minimum Gasteiger partial charge on any atom is -0.363 e. The molecule has 20 heavy (non-hydrogen) atoms. The first-order valence-electron chi connectivity index (χ1n) is 6.29. The van der Waals surface area contributed by atoms with Gasteiger partial charge in [0.2, 0.25) is 0 Å². The lowest BCUT2D eigenvalue weighted by atomic mass is 9.85. The van der Waals surface area contributed by atoms with E-state index in [0.717, 1.165) is 0 Å². The van der Waals surface area contributed by atoms with Gasteiger partial charge in [0.25, 0.3) is 0 Å². The Morgan fingerprint density at radius 3 is 2.25 bits per heavy atom. The van der Waals surface area contributed by atoms with Crippen molar-refractivity contribution in [3.05, 3.63) is 0 Å². The maximum atomic E-state index is 11.9. The summed E-state index contributed by atoms with van der Waals surface area (Å²) < 4.78 is 57.8. The van der Waals surface area contributed by atoms with Crippen LogP contribution >= 0.6 is 0 Å². The smallest absolute Gasteiger partial charge is 0.363 e. The van der Waals surface area contributed by atoms with E-state index in [1.165, 1.54) is 6.26 Å². The van der Waals surface area contributed by atoms with Crippen molar-refractivity contribution in [2.45, 2.75) is 44.3 Å². The van der Waals surface area contributed by atoms with E-state index in [1.807, 2.05) is 0 Å². The van der Waals surface area contributed by atoms with Gasteiger partial charge in [0.1, 0.15) is 9.84 Å². The number of hydroxylamine groups is 1. The van der Waals surface area contributed by atoms with Gasteiger partial charge < -0.3 is 4.84 Å². The minimum absolute atomic E-state index is 0.124. The molecule has 1 aliphatic rings. The zero-order chi connectivity index (χ0) is 15.4. The van der Waals surface area contributed by atoms with Gasteiger partial charge in [-0.15, -0.1) is 5.48 Å². The van der Waals surface area contributed by atoms with Gasteiger partial charge in [0.15, 0.2) is 0 Å². The molecule has 1 N–H and O–H groups in total. The SMILES string of the molecule is CS(=O)(=O)CCC1CCC(NOC(=O)C(F)(F)F)CC1. The Balaban J connectivity index is 2.24. The van der Waals surface area contributed by atoms with Crippen LogP contribution in [0.15, 0.2) is 0 Å². The van der Waals surface area contributed by atoms with Gasteiger partial charge in [-0.1, -0.05) is 0 Å². The number of carbonyl (C=O) groups is 1. The molecule has 118 valence electrons. The lowest BCUT2D eigenvalue weighted by Gasteiger charge is -2.28. The first-order chi connectivity index (χ1) is 9.08. The number of carbonyl (C=O) groups excluding carboxylic acids is 1. The van der Waals surface area contributed by atoms with Gasteiger partial charge in [0, 0.05) is 12.3 Å². The second-order valence-electron chi connectivity index (χ2n) is 5.14. The van der Waals surface area contributed by atoms with E-state index in [9.17, 15) is 26.4 Å². The standard InChI is InChI=1S/C11H18F3NO4S/c1-20(17,18)7-6-8-2-4-9(5-3-8)15-19-10(16)11(12,13)14/h8-9,15H,2-7H2,1H3. The van der Waals surface area contributed by atoms with Crippen LogP contribution in [0.4, 0.5) is 13.2 Å². The molecule has 9 heteroatoms. The Morgan fingerprint density at radius 2 is 1.80 bits per heavy atom. The van der Waals surface area contributed by atoms with Crippen molar-refractivity contribution < 1.29 is 31.2 Å². The van der Waals surface area contributed by atoms with E-state index in [0.29, 0.717) is 32.1 Å². The van der Waals surface area contributed by atoms with Crippen LogP contribution in [0.3, 0.4) is 0 Å². The van der Waals surface area contributed by atoms with Gasteiger partial charge in [-0.25, -0.2) is 13.2 Å². The molecule has 0 aromatic rings. The fraction of sp³-hybridized carbons (Fsp3) is 0.909. The summed E-state index contributed by atoms with van der Waals surface area (Å²) in [5.74, 6) is -1.88. The largest absolute Gasteiger partial charge is 0.492 e. The number of alkyl halides is 3. The molecule has 0 heterocycles. The first-order valence-corrected chi connectivity index (χ1v) is 8.35. The molecule has 0 spiro atoms. The highest BCUT2D eigenvalue weighted by molar-refractivity contribution is 7.90. The fourth-order valence-electron chi connectivity index (χ4n) is 2.14. The van der Waals surface area contributed by atoms with E-state index in [1.54, 1.807) is 0 Å². The highest BCUT2D eigenvalue weighted by Gasteiger charge is 2.41. The van der Waals surface area contributed by atoms with Crippen LogP contribution in [0, 0.1) is 5.92 Å². The van der Waals surface area contributed by atoms with Crippen LogP contribution in [0.2, 0.25) is 0 Å². The average Bonchev–Trinajstić information content (AvgIpc) is 2.32. The summed E-state index contributed by atoms with van der Waals surface area (Å²) in [6, 6.07) is -0.309. The maximum Gasteiger partial charge on any atom is 0.492 e. The van der Waals surface area contributed by atoms with E-state index in [2.05, 4.69) is 10.3 Å². The van der Waals surface area contributed by atoms with Crippen molar-refractivity contribution in [1.82, 2.24) is 5.48 Å². The Kier molecular flexibility index (Phi) is 5.81. The van der Waals surface area contributed by atoms with Crippen molar-refractivity contribution in [2.24, 2.45) is 5.92 Å². The molecule has 0 aliphatic heterocycles. The van der Waals surface area contributed by atoms with Crippen LogP contribution in [0.5, 0.6) is 0 Å². The van der Waals surface area contributed by atoms with Crippen molar-refractivity contribution in [2.75, 3.05) is 12.0 Å². The van der Waals surface area contributed by atoms with Crippen LogP contribution in [-0.2, 0) is 19.5 Å². The quantitative estimate of drug-likeness (QED) is 0.780. The van der Waals surface area contributed by atoms with E-state index >= 15 is 0 Å². The monoisotopic (exact) mass is 317 g/mol. The molecule has 0 saturated heterocycles. The molecule has 1 saturated carbocycles. The first kappa shape index (κ1) is 17.2. The lowest BCUT2D eigenvalue weighted by molar-refractivity contribution is -0.209. The maximum absolute atomic E-state index is 11.9. The summed E-state index contributed by atoms with van der Waals surface area (Å²) in [6.45, 7) is 0. The van der Waals surface area contributed by atoms with Gasteiger partial charge in [-0.3, -0.25) is 0 Å². The minimum atomic E-state index is -5.00. The highest BCUT2D eigenvalue weighted by Crippen LogP contribution is 2.27. The average molecular weight is 317 g/mol. The molecule has 5 nitrogen and oxygen atoms in total. The van der Waals surface area contributed by atoms with Crippen LogP contribution < -0.4 is 5.48 Å². The van der Waals surface area contributed by atoms with Crippen molar-refractivity contribution in [3.63, 3.8) is 0 Å². The zero-order valence-corrected chi connectivity index (χ0v) is 11.9. The summed E-state index contributed by atoms with van der Waals surface area (Å²) in [7, 11) is -2.98. The second-order valence-corrected chi connectivity index (χ2v) is 7.40. The molecule has 0 bridgehead atoms. The molecule has 1 rings (SSSR count). The number of hydrogen-bond acceptors (Lipinski definition) is 5. The summed E-state index contributed by atoms with van der Waals surface area (Å²) in [5, 5.41) is 0. The molecular weight excluding hydrogens is 299 g/mol. The van der Waals surface area contributed by atoms with Gasteiger partial charge in [0.05, 0.1) is 5.75 Å². The van der Waals surface area contributed by atoms with Gasteiger partial charge in [-0.2, -0.15) is 13.2 Å². The van der Waals surface area contributed by atoms with Gasteiger partial charge >= 0.3 is 12.1 Å². The number of rotatable bonds is 5. The van der Waals surface area contributed by atoms with E-state index in [4.69, 9.17) is 0 Å². The van der Waals surface area contributed by atoms with Gasteiger partial charge in [-0.05, 0) is 38.0 Å². The summed E-state index contributed by atoms with van der Waals surface area (Å²) >= 11 is 0. The third-order valence-corrected chi connectivity index (χ3v) is 4.27. The fourth-order valence-corrected chi connectivity index (χ4v) is 2.91. The van der Waals surface area contributed by atoms with Crippen LogP contribution in [-0.4, -0.2) is 38.6 Å². The number of halogens is 3. The third-order valence-electron chi connectivity index (χ3n) is 3.29. The number of nitrogens with one attached hydrogen (secondary N) is 1. The lowest BCUT2D eigenvalue weighted by Crippen LogP contribution is -2.39. The second kappa shape index (κ2) is 6.75. The molecule has 0 unspecified atom stereocenters. The van der Waals surface area contributed by atoms with Crippen molar-refractivity contribution >= 4 is 15.8 Å². The topological polar surface area (TPSA) is 72.5 Å². The molecule has 0 aromatic heterocycles. The summed E-state index contributed by atoms with van der Waals surface area (Å²) in [4.78, 5) is 14.5. The molecule has 0 atom stereocenters. The Bertz CT molecular complexity index is 427.